The van der Waals surface area contributed by atoms with E-state index < -0.39 is 60.2 Å². The Morgan fingerprint density at radius 1 is 0.889 bits per heavy atom. The Morgan fingerprint density at radius 3 is 2.24 bits per heavy atom. The van der Waals surface area contributed by atoms with E-state index >= 15 is 0 Å². The zero-order valence-electron chi connectivity index (χ0n) is 28.2. The summed E-state index contributed by atoms with van der Waals surface area (Å²) in [4.78, 5) is 12.9. The Balaban J connectivity index is 1.30. The van der Waals surface area contributed by atoms with Gasteiger partial charge in [-0.2, -0.15) is 0 Å². The molecule has 14 atom stereocenters. The first-order valence-corrected chi connectivity index (χ1v) is 17.4. The van der Waals surface area contributed by atoms with Gasteiger partial charge in [0.1, 0.15) is 24.4 Å². The maximum Gasteiger partial charge on any atom is 0.310 e. The van der Waals surface area contributed by atoms with E-state index in [2.05, 4.69) is 47.6 Å². The highest BCUT2D eigenvalue weighted by Crippen LogP contribution is 2.75. The molecule has 6 rings (SSSR count). The highest BCUT2D eigenvalue weighted by molar-refractivity contribution is 5.76. The van der Waals surface area contributed by atoms with Crippen LogP contribution in [0.1, 0.15) is 106 Å². The van der Waals surface area contributed by atoms with Gasteiger partial charge in [-0.15, -0.1) is 0 Å². The normalized spacial score (nSPS) is 54.1. The van der Waals surface area contributed by atoms with Crippen molar-refractivity contribution in [1.29, 1.82) is 0 Å². The number of aliphatic hydroxyl groups excluding tert-OH is 5. The van der Waals surface area contributed by atoms with Crippen LogP contribution in [-0.4, -0.2) is 86.6 Å². The van der Waals surface area contributed by atoms with Gasteiger partial charge in [0.05, 0.1) is 24.7 Å². The molecule has 6 N–H and O–H groups in total. The summed E-state index contributed by atoms with van der Waals surface area (Å²) in [6.45, 7) is 13.6. The van der Waals surface area contributed by atoms with Crippen molar-refractivity contribution in [3.8, 4) is 0 Å². The number of hydrogen-bond donors (Lipinski definition) is 6. The molecule has 6 aliphatic rings. The van der Waals surface area contributed by atoms with Gasteiger partial charge >= 0.3 is 5.97 Å². The molecule has 0 aromatic heterocycles. The number of hydrogen-bond acceptors (Lipinski definition) is 8. The predicted octanol–water partition coefficient (Wildman–Crippen LogP) is 4.03. The molecule has 0 unspecified atom stereocenters. The zero-order chi connectivity index (χ0) is 33.0. The van der Waals surface area contributed by atoms with Gasteiger partial charge in [-0.25, -0.2) is 0 Å². The third kappa shape index (κ3) is 4.68. The Morgan fingerprint density at radius 2 is 1.58 bits per heavy atom. The summed E-state index contributed by atoms with van der Waals surface area (Å²) in [6.07, 6.45) is 3.63. The number of aliphatic carboxylic acids is 1. The standard InChI is InChI=1S/C36H58O9/c1-31(2)13-15-36(30(42)43)16-14-34(5)20(21(36)17-31)7-8-24-32(3)11-10-25(38)33(4,23(32)9-12-35(24,34)6)19-44-29-28(41)27(40)26(39)22(18-37)45-29/h7,21-29,37-41H,8-19H2,1-6H3,(H,42,43)/t21-,22+,23+,24+,25-,26+,27-,28+,29+,32-,33-,34+,35+,36-/m0/s1. The second-order valence-electron chi connectivity index (χ2n) is 17.7. The largest absolute Gasteiger partial charge is 0.481 e. The molecule has 256 valence electrons. The fourth-order valence-electron chi connectivity index (χ4n) is 12.1. The fraction of sp³-hybridized carbons (Fsp3) is 0.917. The van der Waals surface area contributed by atoms with Gasteiger partial charge in [0.25, 0.3) is 0 Å². The molecule has 0 bridgehead atoms. The Kier molecular flexibility index (Phi) is 8.25. The highest BCUT2D eigenvalue weighted by atomic mass is 16.7. The van der Waals surface area contributed by atoms with Crippen LogP contribution in [0.15, 0.2) is 11.6 Å². The number of aliphatic hydroxyl groups is 5. The van der Waals surface area contributed by atoms with Gasteiger partial charge in [0.15, 0.2) is 6.29 Å². The minimum absolute atomic E-state index is 0.0179. The minimum atomic E-state index is -1.51. The quantitative estimate of drug-likeness (QED) is 0.246. The lowest BCUT2D eigenvalue weighted by molar-refractivity contribution is -0.315. The van der Waals surface area contributed by atoms with Crippen LogP contribution >= 0.6 is 0 Å². The van der Waals surface area contributed by atoms with Crippen LogP contribution in [0.5, 0.6) is 0 Å². The van der Waals surface area contributed by atoms with E-state index in [0.717, 1.165) is 57.8 Å². The van der Waals surface area contributed by atoms with E-state index in [1.54, 1.807) is 0 Å². The molecule has 45 heavy (non-hydrogen) atoms. The number of rotatable bonds is 5. The molecule has 4 saturated carbocycles. The first kappa shape index (κ1) is 33.8. The molecule has 5 aliphatic carbocycles. The summed E-state index contributed by atoms with van der Waals surface area (Å²) < 4.78 is 11.8. The third-order valence-corrected chi connectivity index (χ3v) is 15.2. The Hall–Kier alpha value is -1.07. The lowest BCUT2D eigenvalue weighted by Gasteiger charge is -2.71. The first-order chi connectivity index (χ1) is 20.9. The molecule has 1 heterocycles. The van der Waals surface area contributed by atoms with Crippen LogP contribution < -0.4 is 0 Å². The number of carboxylic acid groups (broad SMARTS) is 1. The van der Waals surface area contributed by atoms with E-state index in [9.17, 15) is 35.4 Å². The van der Waals surface area contributed by atoms with E-state index in [-0.39, 0.29) is 40.1 Å². The van der Waals surface area contributed by atoms with Gasteiger partial charge < -0.3 is 40.1 Å². The molecule has 0 spiro atoms. The maximum absolute atomic E-state index is 12.9. The predicted molar refractivity (Wildman–Crippen MR) is 167 cm³/mol. The van der Waals surface area contributed by atoms with Crippen LogP contribution in [0.3, 0.4) is 0 Å². The van der Waals surface area contributed by atoms with Crippen molar-refractivity contribution in [2.45, 2.75) is 143 Å². The van der Waals surface area contributed by atoms with Crippen LogP contribution in [-0.2, 0) is 14.3 Å². The molecule has 0 aromatic rings. The minimum Gasteiger partial charge on any atom is -0.481 e. The van der Waals surface area contributed by atoms with Crippen LogP contribution in [0.4, 0.5) is 0 Å². The van der Waals surface area contributed by atoms with Crippen molar-refractivity contribution in [2.24, 2.45) is 50.2 Å². The van der Waals surface area contributed by atoms with Crippen LogP contribution in [0.25, 0.3) is 0 Å². The lowest BCUT2D eigenvalue weighted by atomic mass is 9.33. The van der Waals surface area contributed by atoms with Crippen molar-refractivity contribution in [3.05, 3.63) is 11.6 Å². The van der Waals surface area contributed by atoms with Crippen molar-refractivity contribution in [2.75, 3.05) is 13.2 Å². The highest BCUT2D eigenvalue weighted by Gasteiger charge is 2.69. The van der Waals surface area contributed by atoms with Crippen molar-refractivity contribution < 1.29 is 44.9 Å². The average molecular weight is 635 g/mol. The number of fused-ring (bicyclic) bond motifs is 7. The number of allylic oxidation sites excluding steroid dienone is 2. The molecule has 9 heteroatoms. The van der Waals surface area contributed by atoms with Gasteiger partial charge in [0, 0.05) is 5.41 Å². The van der Waals surface area contributed by atoms with E-state index in [4.69, 9.17) is 9.47 Å². The number of carboxylic acids is 1. The molecule has 0 radical (unpaired) electrons. The summed E-state index contributed by atoms with van der Waals surface area (Å²) >= 11 is 0. The average Bonchev–Trinajstić information content (AvgIpc) is 2.98. The molecule has 1 saturated heterocycles. The topological polar surface area (TPSA) is 157 Å². The maximum atomic E-state index is 12.9. The van der Waals surface area contributed by atoms with Crippen molar-refractivity contribution in [1.82, 2.24) is 0 Å². The monoisotopic (exact) mass is 634 g/mol. The molecule has 5 fully saturated rings. The second-order valence-corrected chi connectivity index (χ2v) is 17.7. The van der Waals surface area contributed by atoms with E-state index in [1.807, 2.05) is 0 Å². The zero-order valence-corrected chi connectivity index (χ0v) is 28.2. The Labute approximate surface area is 268 Å². The summed E-state index contributed by atoms with van der Waals surface area (Å²) in [6, 6.07) is 0. The number of carbonyl (C=O) groups is 1. The van der Waals surface area contributed by atoms with Crippen molar-refractivity contribution in [3.63, 3.8) is 0 Å². The van der Waals surface area contributed by atoms with Gasteiger partial charge in [0.2, 0.25) is 0 Å². The summed E-state index contributed by atoms with van der Waals surface area (Å²) in [5, 5.41) is 63.0. The number of ether oxygens (including phenoxy) is 2. The smallest absolute Gasteiger partial charge is 0.310 e. The van der Waals surface area contributed by atoms with E-state index in [1.165, 1.54) is 5.57 Å². The van der Waals surface area contributed by atoms with Crippen LogP contribution in [0.2, 0.25) is 0 Å². The molecular formula is C36H58O9. The fourth-order valence-corrected chi connectivity index (χ4v) is 12.1. The molecule has 0 amide bonds. The Bertz CT molecular complexity index is 1200. The first-order valence-electron chi connectivity index (χ1n) is 17.4. The van der Waals surface area contributed by atoms with Gasteiger partial charge in [-0.05, 0) is 104 Å². The van der Waals surface area contributed by atoms with Gasteiger partial charge in [-0.3, -0.25) is 4.79 Å². The molecule has 9 nitrogen and oxygen atoms in total. The van der Waals surface area contributed by atoms with E-state index in [0.29, 0.717) is 12.3 Å². The van der Waals surface area contributed by atoms with Crippen molar-refractivity contribution >= 4 is 5.97 Å². The SMILES string of the molecule is CC1(C)CC[C@]2(C(=O)O)CC[C@]3(C)C(=CC[C@@H]4[C@@]5(C)CC[C@H](O)[C@@](C)(CO[C@@H]6O[C@H](CO)[C@@H](O)[C@H](O)[C@H]6O)[C@@H]5CC[C@]43C)[C@@H]2C1. The molecule has 0 aromatic carbocycles. The summed E-state index contributed by atoms with van der Waals surface area (Å²) in [5.41, 5.74) is -0.00794. The van der Waals surface area contributed by atoms with Gasteiger partial charge in [-0.1, -0.05) is 53.2 Å². The summed E-state index contributed by atoms with van der Waals surface area (Å²) in [5.74, 6) is -0.0763. The van der Waals surface area contributed by atoms with Crippen LogP contribution in [0, 0.1) is 50.2 Å². The second kappa shape index (κ2) is 11.0. The molecular weight excluding hydrogens is 576 g/mol. The summed E-state index contributed by atoms with van der Waals surface area (Å²) in [7, 11) is 0. The lowest BCUT2D eigenvalue weighted by Crippen LogP contribution is -2.66. The third-order valence-electron chi connectivity index (χ3n) is 15.2. The molecule has 1 aliphatic heterocycles.